The third kappa shape index (κ3) is 3.97. The Morgan fingerprint density at radius 3 is 2.86 bits per heavy atom. The van der Waals surface area contributed by atoms with Gasteiger partial charge >= 0.3 is 6.03 Å². The molecule has 1 aromatic rings. The number of urea groups is 1. The van der Waals surface area contributed by atoms with Crippen molar-refractivity contribution in [1.29, 1.82) is 5.26 Å². The fourth-order valence-electron chi connectivity index (χ4n) is 2.45. The standard InChI is InChI=1S/C15H23N5O/c1-11(2)4-5-12(3)17-15(21)19-6-7-20-14(10-19)8-13(9-16)18-20/h8,11-12H,4-7,10H2,1-3H3,(H,17,21)/t12-/m0/s1. The van der Waals surface area contributed by atoms with Gasteiger partial charge in [0.2, 0.25) is 0 Å². The van der Waals surface area contributed by atoms with Gasteiger partial charge in [-0.25, -0.2) is 4.79 Å². The topological polar surface area (TPSA) is 74.0 Å². The highest BCUT2D eigenvalue weighted by Crippen LogP contribution is 2.14. The van der Waals surface area contributed by atoms with E-state index in [0.717, 1.165) is 18.5 Å². The second kappa shape index (κ2) is 6.61. The normalized spacial score (nSPS) is 15.5. The molecule has 0 radical (unpaired) electrons. The van der Waals surface area contributed by atoms with E-state index in [9.17, 15) is 4.79 Å². The summed E-state index contributed by atoms with van der Waals surface area (Å²) in [6.07, 6.45) is 2.10. The van der Waals surface area contributed by atoms with Gasteiger partial charge in [0, 0.05) is 12.6 Å². The number of amides is 2. The largest absolute Gasteiger partial charge is 0.336 e. The molecule has 21 heavy (non-hydrogen) atoms. The van der Waals surface area contributed by atoms with E-state index in [1.165, 1.54) is 0 Å². The predicted octanol–water partition coefficient (Wildman–Crippen LogP) is 2.10. The van der Waals surface area contributed by atoms with Crippen LogP contribution in [-0.4, -0.2) is 33.3 Å². The van der Waals surface area contributed by atoms with Gasteiger partial charge in [0.25, 0.3) is 0 Å². The highest BCUT2D eigenvalue weighted by molar-refractivity contribution is 5.74. The Morgan fingerprint density at radius 1 is 1.43 bits per heavy atom. The molecule has 6 heteroatoms. The number of nitrogens with one attached hydrogen (secondary N) is 1. The van der Waals surface area contributed by atoms with E-state index in [2.05, 4.69) is 24.3 Å². The van der Waals surface area contributed by atoms with Crippen LogP contribution in [-0.2, 0) is 13.1 Å². The maximum atomic E-state index is 12.3. The SMILES string of the molecule is CC(C)CC[C@H](C)NC(=O)N1CCn2nc(C#N)cc2C1. The summed E-state index contributed by atoms with van der Waals surface area (Å²) >= 11 is 0. The van der Waals surface area contributed by atoms with Crippen LogP contribution in [0.4, 0.5) is 4.79 Å². The Balaban J connectivity index is 1.88. The van der Waals surface area contributed by atoms with Crippen LogP contribution in [0.25, 0.3) is 0 Å². The lowest BCUT2D eigenvalue weighted by Gasteiger charge is -2.29. The first-order valence-electron chi connectivity index (χ1n) is 7.52. The summed E-state index contributed by atoms with van der Waals surface area (Å²) in [7, 11) is 0. The number of rotatable bonds is 4. The first kappa shape index (κ1) is 15.4. The Labute approximate surface area is 125 Å². The number of carbonyl (C=O) groups is 1. The molecule has 1 atom stereocenters. The van der Waals surface area contributed by atoms with Crippen molar-refractivity contribution in [2.75, 3.05) is 6.54 Å². The van der Waals surface area contributed by atoms with E-state index in [1.54, 1.807) is 11.0 Å². The van der Waals surface area contributed by atoms with Crippen molar-refractivity contribution >= 4 is 6.03 Å². The highest BCUT2D eigenvalue weighted by atomic mass is 16.2. The van der Waals surface area contributed by atoms with Crippen molar-refractivity contribution in [3.05, 3.63) is 17.5 Å². The molecule has 0 unspecified atom stereocenters. The fourth-order valence-corrected chi connectivity index (χ4v) is 2.45. The van der Waals surface area contributed by atoms with Gasteiger partial charge in [0.1, 0.15) is 6.07 Å². The number of nitriles is 1. The zero-order valence-corrected chi connectivity index (χ0v) is 13.0. The molecule has 1 aromatic heterocycles. The molecule has 0 aromatic carbocycles. The van der Waals surface area contributed by atoms with Crippen LogP contribution in [0.1, 0.15) is 45.0 Å². The molecule has 1 N–H and O–H groups in total. The van der Waals surface area contributed by atoms with E-state index in [4.69, 9.17) is 5.26 Å². The van der Waals surface area contributed by atoms with Crippen LogP contribution in [0.15, 0.2) is 6.07 Å². The van der Waals surface area contributed by atoms with Gasteiger partial charge in [-0.3, -0.25) is 4.68 Å². The van der Waals surface area contributed by atoms with Gasteiger partial charge in [0.05, 0.1) is 18.8 Å². The maximum Gasteiger partial charge on any atom is 0.318 e. The maximum absolute atomic E-state index is 12.3. The summed E-state index contributed by atoms with van der Waals surface area (Å²) in [6, 6.07) is 3.94. The van der Waals surface area contributed by atoms with E-state index < -0.39 is 0 Å². The summed E-state index contributed by atoms with van der Waals surface area (Å²) in [5.74, 6) is 0.651. The molecular weight excluding hydrogens is 266 g/mol. The summed E-state index contributed by atoms with van der Waals surface area (Å²) in [5.41, 5.74) is 1.33. The van der Waals surface area contributed by atoms with E-state index >= 15 is 0 Å². The lowest BCUT2D eigenvalue weighted by Crippen LogP contribution is -2.47. The van der Waals surface area contributed by atoms with Crippen molar-refractivity contribution in [3.8, 4) is 6.07 Å². The minimum atomic E-state index is -0.0304. The molecule has 2 heterocycles. The molecule has 1 aliphatic rings. The molecule has 2 rings (SSSR count). The van der Waals surface area contributed by atoms with Crippen LogP contribution >= 0.6 is 0 Å². The Morgan fingerprint density at radius 2 is 2.19 bits per heavy atom. The molecule has 1 aliphatic heterocycles. The van der Waals surface area contributed by atoms with Crippen LogP contribution in [0.2, 0.25) is 0 Å². The highest BCUT2D eigenvalue weighted by Gasteiger charge is 2.23. The van der Waals surface area contributed by atoms with Crippen LogP contribution in [0.5, 0.6) is 0 Å². The molecule has 114 valence electrons. The minimum Gasteiger partial charge on any atom is -0.336 e. The zero-order chi connectivity index (χ0) is 15.4. The number of carbonyl (C=O) groups excluding carboxylic acids is 1. The first-order chi connectivity index (χ1) is 9.99. The van der Waals surface area contributed by atoms with Crippen molar-refractivity contribution in [2.24, 2.45) is 5.92 Å². The van der Waals surface area contributed by atoms with Crippen molar-refractivity contribution in [2.45, 2.75) is 52.7 Å². The Kier molecular flexibility index (Phi) is 4.84. The van der Waals surface area contributed by atoms with Gasteiger partial charge in [-0.15, -0.1) is 0 Å². The zero-order valence-electron chi connectivity index (χ0n) is 13.0. The molecule has 0 fully saturated rings. The third-order valence-electron chi connectivity index (χ3n) is 3.75. The Bertz CT molecular complexity index is 543. The number of nitrogens with zero attached hydrogens (tertiary/aromatic N) is 4. The molecular formula is C15H23N5O. The van der Waals surface area contributed by atoms with Crippen LogP contribution < -0.4 is 5.32 Å². The van der Waals surface area contributed by atoms with Crippen molar-refractivity contribution in [3.63, 3.8) is 0 Å². The second-order valence-corrected chi connectivity index (χ2v) is 6.10. The van der Waals surface area contributed by atoms with Crippen molar-refractivity contribution in [1.82, 2.24) is 20.0 Å². The van der Waals surface area contributed by atoms with Gasteiger partial charge in [-0.05, 0) is 31.7 Å². The van der Waals surface area contributed by atoms with Gasteiger partial charge in [0.15, 0.2) is 5.69 Å². The smallest absolute Gasteiger partial charge is 0.318 e. The van der Waals surface area contributed by atoms with Gasteiger partial charge in [-0.1, -0.05) is 13.8 Å². The van der Waals surface area contributed by atoms with Crippen LogP contribution in [0.3, 0.4) is 0 Å². The first-order valence-corrected chi connectivity index (χ1v) is 7.52. The number of aromatic nitrogens is 2. The molecule has 2 amide bonds. The summed E-state index contributed by atoms with van der Waals surface area (Å²) < 4.78 is 1.81. The third-order valence-corrected chi connectivity index (χ3v) is 3.75. The van der Waals surface area contributed by atoms with Crippen LogP contribution in [0, 0.1) is 17.2 Å². The molecule has 0 aliphatic carbocycles. The van der Waals surface area contributed by atoms with E-state index in [0.29, 0.717) is 31.2 Å². The number of fused-ring (bicyclic) bond motifs is 1. The second-order valence-electron chi connectivity index (χ2n) is 6.10. The van der Waals surface area contributed by atoms with E-state index in [-0.39, 0.29) is 12.1 Å². The van der Waals surface area contributed by atoms with Gasteiger partial charge < -0.3 is 10.2 Å². The number of hydrogen-bond donors (Lipinski definition) is 1. The fraction of sp³-hybridized carbons (Fsp3) is 0.667. The lowest BCUT2D eigenvalue weighted by molar-refractivity contribution is 0.177. The molecule has 6 nitrogen and oxygen atoms in total. The van der Waals surface area contributed by atoms with Gasteiger partial charge in [-0.2, -0.15) is 10.4 Å². The van der Waals surface area contributed by atoms with Crippen molar-refractivity contribution < 1.29 is 4.79 Å². The molecule has 0 saturated heterocycles. The Hall–Kier alpha value is -2.03. The monoisotopic (exact) mass is 289 g/mol. The summed E-state index contributed by atoms with van der Waals surface area (Å²) in [4.78, 5) is 14.0. The summed E-state index contributed by atoms with van der Waals surface area (Å²) in [6.45, 7) is 8.20. The molecule has 0 saturated carbocycles. The summed E-state index contributed by atoms with van der Waals surface area (Å²) in [5, 5.41) is 16.1. The average molecular weight is 289 g/mol. The molecule has 0 bridgehead atoms. The quantitative estimate of drug-likeness (QED) is 0.922. The van der Waals surface area contributed by atoms with E-state index in [1.807, 2.05) is 17.7 Å². The predicted molar refractivity (Wildman–Crippen MR) is 79.4 cm³/mol. The lowest BCUT2D eigenvalue weighted by atomic mass is 10.0. The minimum absolute atomic E-state index is 0.0304. The average Bonchev–Trinajstić information content (AvgIpc) is 2.87. The molecule has 0 spiro atoms. The number of hydrogen-bond acceptors (Lipinski definition) is 3.